The lowest BCUT2D eigenvalue weighted by molar-refractivity contribution is -0.118. The molecule has 4 rings (SSSR count). The number of carbonyl (C=O) groups is 2. The van der Waals surface area contributed by atoms with E-state index in [1.807, 2.05) is 51.2 Å². The van der Waals surface area contributed by atoms with Crippen LogP contribution in [0.15, 0.2) is 53.3 Å². The Balaban J connectivity index is 1.48. The average Bonchev–Trinajstić information content (AvgIpc) is 3.12. The maximum atomic E-state index is 13.5. The lowest BCUT2D eigenvalue weighted by Gasteiger charge is -2.35. The SMILES string of the molecule is COc1ccc(Cl)cc1C(=O)CCC(C)(C)CC(=O)Nc1c(COC2CN(C)C2)n(C)n(-c2ccccc2)c1=O. The molecule has 0 unspecified atom stereocenters. The van der Waals surface area contributed by atoms with E-state index in [1.165, 1.54) is 11.8 Å². The first-order chi connectivity index (χ1) is 19.0. The number of likely N-dealkylation sites (N-methyl/N-ethyl adjacent to an activating group) is 1. The number of carbonyl (C=O) groups excluding carboxylic acids is 2. The van der Waals surface area contributed by atoms with Gasteiger partial charge in [0.15, 0.2) is 5.78 Å². The molecule has 40 heavy (non-hydrogen) atoms. The lowest BCUT2D eigenvalue weighted by atomic mass is 9.82. The number of ketones is 1. The molecule has 0 radical (unpaired) electrons. The van der Waals surface area contributed by atoms with Gasteiger partial charge in [0.2, 0.25) is 5.91 Å². The van der Waals surface area contributed by atoms with E-state index in [0.29, 0.717) is 34.1 Å². The van der Waals surface area contributed by atoms with Gasteiger partial charge in [0.05, 0.1) is 36.8 Å². The van der Waals surface area contributed by atoms with Gasteiger partial charge >= 0.3 is 0 Å². The number of para-hydroxylation sites is 1. The van der Waals surface area contributed by atoms with Crippen LogP contribution in [0.2, 0.25) is 5.02 Å². The number of methoxy groups -OCH3 is 1. The predicted molar refractivity (Wildman–Crippen MR) is 156 cm³/mol. The number of nitrogens with zero attached hydrogens (tertiary/aromatic N) is 3. The van der Waals surface area contributed by atoms with Gasteiger partial charge in [-0.15, -0.1) is 0 Å². The first-order valence-electron chi connectivity index (χ1n) is 13.3. The number of nitrogens with one attached hydrogen (secondary N) is 1. The summed E-state index contributed by atoms with van der Waals surface area (Å²) in [5, 5.41) is 3.33. The number of ether oxygens (including phenoxy) is 2. The largest absolute Gasteiger partial charge is 0.496 e. The van der Waals surface area contributed by atoms with Crippen LogP contribution in [0.4, 0.5) is 5.69 Å². The molecule has 0 atom stereocenters. The zero-order chi connectivity index (χ0) is 29.0. The summed E-state index contributed by atoms with van der Waals surface area (Å²) in [5.74, 6) is 0.0556. The third-order valence-electron chi connectivity index (χ3n) is 7.27. The summed E-state index contributed by atoms with van der Waals surface area (Å²) >= 11 is 6.09. The quantitative estimate of drug-likeness (QED) is 0.319. The van der Waals surface area contributed by atoms with E-state index < -0.39 is 5.41 Å². The monoisotopic (exact) mass is 568 g/mol. The standard InChI is InChI=1S/C30H37ClN4O5/c1-30(2,14-13-25(36)23-15-20(31)11-12-26(23)39-5)16-27(37)32-28-24(19-40-22-17-33(3)18-22)34(4)35(29(28)38)21-9-7-6-8-10-21/h6-12,15,22H,13-14,16-19H2,1-5H3,(H,32,37). The van der Waals surface area contributed by atoms with Crippen molar-refractivity contribution in [1.82, 2.24) is 14.3 Å². The molecule has 0 saturated carbocycles. The highest BCUT2D eigenvalue weighted by Gasteiger charge is 2.29. The van der Waals surface area contributed by atoms with E-state index >= 15 is 0 Å². The summed E-state index contributed by atoms with van der Waals surface area (Å²) in [6.45, 7) is 5.70. The third kappa shape index (κ3) is 6.83. The Kier molecular flexibility index (Phi) is 9.18. The molecule has 0 bridgehead atoms. The van der Waals surface area contributed by atoms with Gasteiger partial charge < -0.3 is 19.7 Å². The van der Waals surface area contributed by atoms with Crippen LogP contribution in [0, 0.1) is 5.41 Å². The van der Waals surface area contributed by atoms with Crippen molar-refractivity contribution in [1.29, 1.82) is 0 Å². The number of hydrogen-bond donors (Lipinski definition) is 1. The molecule has 3 aromatic rings. The fraction of sp³-hybridized carbons (Fsp3) is 0.433. The van der Waals surface area contributed by atoms with Gasteiger partial charge in [-0.2, -0.15) is 0 Å². The highest BCUT2D eigenvalue weighted by molar-refractivity contribution is 6.31. The maximum Gasteiger partial charge on any atom is 0.295 e. The molecule has 2 heterocycles. The lowest BCUT2D eigenvalue weighted by Crippen LogP contribution is -2.49. The number of rotatable bonds is 12. The molecular weight excluding hydrogens is 532 g/mol. The number of halogens is 1. The number of likely N-dealkylation sites (tertiary alicyclic amines) is 1. The molecule has 1 aliphatic rings. The molecule has 10 heteroatoms. The topological polar surface area (TPSA) is 94.8 Å². The van der Waals surface area contributed by atoms with Crippen molar-refractivity contribution in [2.75, 3.05) is 32.6 Å². The Bertz CT molecular complexity index is 1420. The van der Waals surface area contributed by atoms with Gasteiger partial charge in [0, 0.05) is 38.0 Å². The van der Waals surface area contributed by atoms with Crippen molar-refractivity contribution in [3.63, 3.8) is 0 Å². The molecule has 2 aromatic carbocycles. The Morgan fingerprint density at radius 3 is 2.45 bits per heavy atom. The summed E-state index contributed by atoms with van der Waals surface area (Å²) in [7, 11) is 5.32. The predicted octanol–water partition coefficient (Wildman–Crippen LogP) is 4.69. The third-order valence-corrected chi connectivity index (χ3v) is 7.50. The van der Waals surface area contributed by atoms with E-state index in [0.717, 1.165) is 13.1 Å². The maximum absolute atomic E-state index is 13.5. The second kappa shape index (κ2) is 12.4. The molecule has 214 valence electrons. The van der Waals surface area contributed by atoms with E-state index in [-0.39, 0.29) is 48.5 Å². The average molecular weight is 569 g/mol. The van der Waals surface area contributed by atoms with E-state index in [9.17, 15) is 14.4 Å². The molecular formula is C30H37ClN4O5. The van der Waals surface area contributed by atoms with Crippen LogP contribution in [0.3, 0.4) is 0 Å². The number of anilines is 1. The van der Waals surface area contributed by atoms with E-state index in [4.69, 9.17) is 21.1 Å². The zero-order valence-corrected chi connectivity index (χ0v) is 24.5. The van der Waals surface area contributed by atoms with Crippen molar-refractivity contribution in [2.24, 2.45) is 12.5 Å². The van der Waals surface area contributed by atoms with Crippen LogP contribution in [-0.2, 0) is 23.2 Å². The van der Waals surface area contributed by atoms with Crippen LogP contribution >= 0.6 is 11.6 Å². The summed E-state index contributed by atoms with van der Waals surface area (Å²) < 4.78 is 14.6. The number of Topliss-reactive ketones (excluding diaryl/α,β-unsaturated/α-hetero) is 1. The van der Waals surface area contributed by atoms with Crippen LogP contribution in [0.5, 0.6) is 5.75 Å². The van der Waals surface area contributed by atoms with Crippen LogP contribution in [-0.4, -0.2) is 59.3 Å². The Labute approximate surface area is 239 Å². The second-order valence-electron chi connectivity index (χ2n) is 11.1. The molecule has 1 aromatic heterocycles. The molecule has 1 fully saturated rings. The molecule has 0 aliphatic carbocycles. The minimum atomic E-state index is -0.508. The van der Waals surface area contributed by atoms with Crippen molar-refractivity contribution >= 4 is 29.0 Å². The normalized spacial score (nSPS) is 14.2. The fourth-order valence-corrected chi connectivity index (χ4v) is 5.11. The Hall–Kier alpha value is -3.40. The highest BCUT2D eigenvalue weighted by atomic mass is 35.5. The number of benzene rings is 2. The van der Waals surface area contributed by atoms with Crippen molar-refractivity contribution in [3.05, 3.63) is 75.2 Å². The first kappa shape index (κ1) is 29.6. The number of aromatic nitrogens is 2. The van der Waals surface area contributed by atoms with Crippen LogP contribution in [0.25, 0.3) is 5.69 Å². The minimum Gasteiger partial charge on any atom is -0.496 e. The van der Waals surface area contributed by atoms with Gasteiger partial charge in [-0.1, -0.05) is 43.6 Å². The molecule has 1 saturated heterocycles. The summed E-state index contributed by atoms with van der Waals surface area (Å²) in [6.07, 6.45) is 0.889. The fourth-order valence-electron chi connectivity index (χ4n) is 4.93. The van der Waals surface area contributed by atoms with E-state index in [2.05, 4.69) is 10.2 Å². The number of amides is 1. The Morgan fingerprint density at radius 2 is 1.80 bits per heavy atom. The summed E-state index contributed by atoms with van der Waals surface area (Å²) in [4.78, 5) is 41.9. The minimum absolute atomic E-state index is 0.0818. The molecule has 9 nitrogen and oxygen atoms in total. The van der Waals surface area contributed by atoms with Crippen molar-refractivity contribution in [2.45, 2.75) is 45.8 Å². The molecule has 1 aliphatic heterocycles. The van der Waals surface area contributed by atoms with Crippen LogP contribution in [0.1, 0.15) is 49.2 Å². The summed E-state index contributed by atoms with van der Waals surface area (Å²) in [5.41, 5.74) is 1.08. The van der Waals surface area contributed by atoms with Gasteiger partial charge in [0.1, 0.15) is 11.4 Å². The highest BCUT2D eigenvalue weighted by Crippen LogP contribution is 2.31. The zero-order valence-electron chi connectivity index (χ0n) is 23.7. The first-order valence-corrected chi connectivity index (χ1v) is 13.7. The number of hydrogen-bond acceptors (Lipinski definition) is 6. The van der Waals surface area contributed by atoms with Gasteiger partial charge in [-0.05, 0) is 49.2 Å². The van der Waals surface area contributed by atoms with Crippen molar-refractivity contribution in [3.8, 4) is 11.4 Å². The van der Waals surface area contributed by atoms with Crippen molar-refractivity contribution < 1.29 is 19.1 Å². The molecule has 1 N–H and O–H groups in total. The van der Waals surface area contributed by atoms with Gasteiger partial charge in [0.25, 0.3) is 5.56 Å². The smallest absolute Gasteiger partial charge is 0.295 e. The van der Waals surface area contributed by atoms with Gasteiger partial charge in [-0.3, -0.25) is 19.1 Å². The summed E-state index contributed by atoms with van der Waals surface area (Å²) in [6, 6.07) is 14.2. The molecule has 1 amide bonds. The Morgan fingerprint density at radius 1 is 1.10 bits per heavy atom. The van der Waals surface area contributed by atoms with Gasteiger partial charge in [-0.25, -0.2) is 4.68 Å². The van der Waals surface area contributed by atoms with E-state index in [1.54, 1.807) is 29.9 Å². The second-order valence-corrected chi connectivity index (χ2v) is 11.5. The molecule has 0 spiro atoms. The van der Waals surface area contributed by atoms with Crippen LogP contribution < -0.4 is 15.6 Å².